The van der Waals surface area contributed by atoms with Crippen molar-refractivity contribution in [3.63, 3.8) is 0 Å². The molecule has 0 aliphatic heterocycles. The average Bonchev–Trinajstić information content (AvgIpc) is 2.14. The average molecular weight is 252 g/mol. The topological polar surface area (TPSA) is 101 Å². The van der Waals surface area contributed by atoms with Crippen LogP contribution in [0.15, 0.2) is 0 Å². The van der Waals surface area contributed by atoms with Gasteiger partial charge in [-0.1, -0.05) is 6.92 Å². The van der Waals surface area contributed by atoms with Gasteiger partial charge in [0, 0.05) is 12.6 Å². The summed E-state index contributed by atoms with van der Waals surface area (Å²) in [7, 11) is -3.32. The van der Waals surface area contributed by atoms with Gasteiger partial charge in [-0.2, -0.15) is 0 Å². The predicted molar refractivity (Wildman–Crippen MR) is 57.6 cm³/mol. The molecule has 0 spiro atoms. The minimum atomic E-state index is -3.32. The predicted octanol–water partition coefficient (Wildman–Crippen LogP) is 0.931. The van der Waals surface area contributed by atoms with E-state index in [0.717, 1.165) is 0 Å². The molecule has 0 aromatic rings. The van der Waals surface area contributed by atoms with E-state index in [1.165, 1.54) is 0 Å². The van der Waals surface area contributed by atoms with Gasteiger partial charge in [-0.15, -0.1) is 0 Å². The molecule has 0 aliphatic rings. The SMILES string of the molecule is CC(CCC(=O)O)CP(=O)(O)CCOC=O. The molecule has 2 atom stereocenters. The summed E-state index contributed by atoms with van der Waals surface area (Å²) in [5.41, 5.74) is 0. The Morgan fingerprint density at radius 2 is 2.19 bits per heavy atom. The van der Waals surface area contributed by atoms with Crippen LogP contribution in [0.1, 0.15) is 19.8 Å². The van der Waals surface area contributed by atoms with E-state index in [9.17, 15) is 19.0 Å². The highest BCUT2D eigenvalue weighted by molar-refractivity contribution is 7.58. The maximum absolute atomic E-state index is 11.6. The summed E-state index contributed by atoms with van der Waals surface area (Å²) in [6.07, 6.45) is 0.339. The molecule has 0 aromatic carbocycles. The van der Waals surface area contributed by atoms with E-state index in [4.69, 9.17) is 5.11 Å². The van der Waals surface area contributed by atoms with Gasteiger partial charge >= 0.3 is 5.97 Å². The Hall–Kier alpha value is -0.870. The van der Waals surface area contributed by atoms with Crippen molar-refractivity contribution in [3.8, 4) is 0 Å². The van der Waals surface area contributed by atoms with Gasteiger partial charge in [0.2, 0.25) is 7.37 Å². The van der Waals surface area contributed by atoms with E-state index in [2.05, 4.69) is 4.74 Å². The second-order valence-corrected chi connectivity index (χ2v) is 6.26. The lowest BCUT2D eigenvalue weighted by Gasteiger charge is -2.15. The molecular weight excluding hydrogens is 235 g/mol. The van der Waals surface area contributed by atoms with Gasteiger partial charge in [-0.05, 0) is 12.3 Å². The molecule has 7 heteroatoms. The van der Waals surface area contributed by atoms with Crippen LogP contribution in [-0.2, 0) is 18.9 Å². The van der Waals surface area contributed by atoms with Crippen LogP contribution in [0.25, 0.3) is 0 Å². The molecule has 0 saturated heterocycles. The van der Waals surface area contributed by atoms with Crippen LogP contribution in [0.5, 0.6) is 0 Å². The van der Waals surface area contributed by atoms with Crippen LogP contribution in [0.3, 0.4) is 0 Å². The van der Waals surface area contributed by atoms with Gasteiger partial charge in [0.05, 0.1) is 6.16 Å². The summed E-state index contributed by atoms with van der Waals surface area (Å²) in [6.45, 7) is 1.88. The largest absolute Gasteiger partial charge is 0.481 e. The lowest BCUT2D eigenvalue weighted by atomic mass is 10.1. The van der Waals surface area contributed by atoms with Crippen molar-refractivity contribution in [2.24, 2.45) is 5.92 Å². The fourth-order valence-corrected chi connectivity index (χ4v) is 3.01. The standard InChI is InChI=1S/C9H17O6P/c1-8(2-3-9(11)12)6-16(13,14)5-4-15-7-10/h7-8H,2-6H2,1H3,(H,11,12)(H,13,14). The molecule has 2 unspecified atom stereocenters. The Balaban J connectivity index is 3.89. The van der Waals surface area contributed by atoms with Crippen molar-refractivity contribution in [1.82, 2.24) is 0 Å². The molecule has 0 aliphatic carbocycles. The van der Waals surface area contributed by atoms with E-state index >= 15 is 0 Å². The van der Waals surface area contributed by atoms with Crippen molar-refractivity contribution in [3.05, 3.63) is 0 Å². The lowest BCUT2D eigenvalue weighted by molar-refractivity contribution is -0.137. The summed E-state index contributed by atoms with van der Waals surface area (Å²) in [5, 5.41) is 8.44. The highest BCUT2D eigenvalue weighted by Crippen LogP contribution is 2.42. The number of rotatable bonds is 9. The quantitative estimate of drug-likeness (QED) is 0.359. The first kappa shape index (κ1) is 15.1. The zero-order valence-corrected chi connectivity index (χ0v) is 10.1. The van der Waals surface area contributed by atoms with Gasteiger partial charge in [-0.3, -0.25) is 14.2 Å². The Morgan fingerprint density at radius 1 is 1.56 bits per heavy atom. The number of carbonyl (C=O) groups is 2. The van der Waals surface area contributed by atoms with E-state index in [-0.39, 0.29) is 37.7 Å². The Bertz CT molecular complexity index is 277. The van der Waals surface area contributed by atoms with E-state index in [1.54, 1.807) is 6.92 Å². The number of hydrogen-bond donors (Lipinski definition) is 2. The summed E-state index contributed by atoms with van der Waals surface area (Å²) < 4.78 is 15.9. The molecule has 0 amide bonds. The van der Waals surface area contributed by atoms with E-state index < -0.39 is 13.3 Å². The minimum absolute atomic E-state index is 0.00793. The number of hydrogen-bond acceptors (Lipinski definition) is 4. The lowest BCUT2D eigenvalue weighted by Crippen LogP contribution is -2.09. The van der Waals surface area contributed by atoms with Crippen LogP contribution in [-0.4, -0.2) is 41.4 Å². The number of carbonyl (C=O) groups excluding carboxylic acids is 1. The molecule has 2 N–H and O–H groups in total. The van der Waals surface area contributed by atoms with Crippen LogP contribution < -0.4 is 0 Å². The summed E-state index contributed by atoms with van der Waals surface area (Å²) in [5.74, 6) is -1.05. The second kappa shape index (κ2) is 7.41. The minimum Gasteiger partial charge on any atom is -0.481 e. The molecule has 0 saturated carbocycles. The van der Waals surface area contributed by atoms with Crippen molar-refractivity contribution >= 4 is 19.8 Å². The zero-order valence-electron chi connectivity index (χ0n) is 9.16. The van der Waals surface area contributed by atoms with Crippen LogP contribution in [0, 0.1) is 5.92 Å². The van der Waals surface area contributed by atoms with Gasteiger partial charge in [-0.25, -0.2) is 0 Å². The van der Waals surface area contributed by atoms with Crippen LogP contribution >= 0.6 is 7.37 Å². The van der Waals surface area contributed by atoms with Gasteiger partial charge < -0.3 is 14.7 Å². The van der Waals surface area contributed by atoms with E-state index in [0.29, 0.717) is 6.42 Å². The highest BCUT2D eigenvalue weighted by atomic mass is 31.2. The molecule has 0 aromatic heterocycles. The molecule has 0 fully saturated rings. The van der Waals surface area contributed by atoms with Crippen LogP contribution in [0.2, 0.25) is 0 Å². The molecular formula is C9H17O6P. The van der Waals surface area contributed by atoms with Crippen LogP contribution in [0.4, 0.5) is 0 Å². The van der Waals surface area contributed by atoms with Crippen molar-refractivity contribution in [2.75, 3.05) is 18.9 Å². The Kier molecular flexibility index (Phi) is 7.01. The number of carboxylic acid groups (broad SMARTS) is 1. The van der Waals surface area contributed by atoms with E-state index in [1.807, 2.05) is 0 Å². The van der Waals surface area contributed by atoms with Gasteiger partial charge in [0.25, 0.3) is 6.47 Å². The summed E-state index contributed by atoms with van der Waals surface area (Å²) in [6, 6.07) is 0. The second-order valence-electron chi connectivity index (χ2n) is 3.76. The molecule has 0 rings (SSSR count). The van der Waals surface area contributed by atoms with Crippen molar-refractivity contribution < 1.29 is 28.9 Å². The molecule has 16 heavy (non-hydrogen) atoms. The maximum atomic E-state index is 11.6. The molecule has 94 valence electrons. The zero-order chi connectivity index (χ0) is 12.6. The first-order valence-corrected chi connectivity index (χ1v) is 6.98. The smallest absolute Gasteiger partial charge is 0.303 e. The highest BCUT2D eigenvalue weighted by Gasteiger charge is 2.22. The number of aliphatic carboxylic acids is 1. The summed E-state index contributed by atoms with van der Waals surface area (Å²) in [4.78, 5) is 29.6. The maximum Gasteiger partial charge on any atom is 0.303 e. The molecule has 0 bridgehead atoms. The third-order valence-electron chi connectivity index (χ3n) is 2.07. The molecule has 0 radical (unpaired) electrons. The Morgan fingerprint density at radius 3 is 2.69 bits per heavy atom. The third-order valence-corrected chi connectivity index (χ3v) is 4.15. The number of ether oxygens (including phenoxy) is 1. The fraction of sp³-hybridized carbons (Fsp3) is 0.778. The first-order chi connectivity index (χ1) is 7.37. The molecule has 0 heterocycles. The number of carboxylic acids is 1. The van der Waals surface area contributed by atoms with Crippen molar-refractivity contribution in [2.45, 2.75) is 19.8 Å². The fourth-order valence-electron chi connectivity index (χ4n) is 1.28. The monoisotopic (exact) mass is 252 g/mol. The molecule has 6 nitrogen and oxygen atoms in total. The van der Waals surface area contributed by atoms with Crippen molar-refractivity contribution in [1.29, 1.82) is 0 Å². The first-order valence-electron chi connectivity index (χ1n) is 4.95. The van der Waals surface area contributed by atoms with Gasteiger partial charge in [0.15, 0.2) is 0 Å². The van der Waals surface area contributed by atoms with Gasteiger partial charge in [0.1, 0.15) is 6.61 Å². The normalized spacial score (nSPS) is 16.1. The Labute approximate surface area is 94.1 Å². The summed E-state index contributed by atoms with van der Waals surface area (Å²) >= 11 is 0. The third kappa shape index (κ3) is 8.44.